The summed E-state index contributed by atoms with van der Waals surface area (Å²) in [7, 11) is 0. The maximum atomic E-state index is 13.2. The summed E-state index contributed by atoms with van der Waals surface area (Å²) in [5.74, 6) is -0.506. The third-order valence-corrected chi connectivity index (χ3v) is 6.40. The Hall–Kier alpha value is -3.08. The molecule has 4 rings (SSSR count). The van der Waals surface area contributed by atoms with E-state index < -0.39 is 17.7 Å². The standard InChI is InChI=1S/C27H31NO4/c1-4-18-9-11-20(12-10-18)25(29)23-24(19-13-15-22(16-14-19)32-17(2)3)28(27(31)26(23)30)21-7-5-6-8-21/h9-17,21,24,29H,4-8H2,1-3H3/b25-23-. The molecule has 1 atom stereocenters. The van der Waals surface area contributed by atoms with Crippen LogP contribution in [0.1, 0.15) is 69.2 Å². The molecule has 1 unspecified atom stereocenters. The van der Waals surface area contributed by atoms with Crippen molar-refractivity contribution in [3.05, 3.63) is 70.8 Å². The number of ketones is 1. The van der Waals surface area contributed by atoms with Crippen molar-refractivity contribution in [1.82, 2.24) is 4.90 Å². The predicted octanol–water partition coefficient (Wildman–Crippen LogP) is 5.40. The highest BCUT2D eigenvalue weighted by molar-refractivity contribution is 6.46. The third kappa shape index (κ3) is 4.16. The molecule has 5 heteroatoms. The first-order valence-electron chi connectivity index (χ1n) is 11.6. The van der Waals surface area contributed by atoms with E-state index in [0.717, 1.165) is 49.0 Å². The van der Waals surface area contributed by atoms with E-state index in [1.165, 1.54) is 0 Å². The zero-order chi connectivity index (χ0) is 22.8. The monoisotopic (exact) mass is 433 g/mol. The quantitative estimate of drug-likeness (QED) is 0.376. The van der Waals surface area contributed by atoms with E-state index >= 15 is 0 Å². The lowest BCUT2D eigenvalue weighted by atomic mass is 9.94. The molecule has 32 heavy (non-hydrogen) atoms. The molecule has 1 aliphatic carbocycles. The van der Waals surface area contributed by atoms with E-state index in [-0.39, 0.29) is 23.5 Å². The van der Waals surface area contributed by atoms with Gasteiger partial charge in [-0.25, -0.2) is 0 Å². The number of hydrogen-bond acceptors (Lipinski definition) is 4. The Kier molecular flexibility index (Phi) is 6.35. The van der Waals surface area contributed by atoms with Crippen LogP contribution >= 0.6 is 0 Å². The number of aliphatic hydroxyl groups excluding tert-OH is 1. The number of ether oxygens (including phenoxy) is 1. The molecular weight excluding hydrogens is 402 g/mol. The molecule has 1 saturated heterocycles. The van der Waals surface area contributed by atoms with E-state index in [4.69, 9.17) is 4.74 Å². The Labute approximate surface area is 189 Å². The fourth-order valence-electron chi connectivity index (χ4n) is 4.79. The van der Waals surface area contributed by atoms with Crippen molar-refractivity contribution in [3.63, 3.8) is 0 Å². The minimum absolute atomic E-state index is 0.0100. The molecule has 2 aromatic carbocycles. The highest BCUT2D eigenvalue weighted by atomic mass is 16.5. The zero-order valence-corrected chi connectivity index (χ0v) is 19.0. The third-order valence-electron chi connectivity index (χ3n) is 6.40. The van der Waals surface area contributed by atoms with E-state index in [2.05, 4.69) is 6.92 Å². The average molecular weight is 434 g/mol. The topological polar surface area (TPSA) is 66.8 Å². The summed E-state index contributed by atoms with van der Waals surface area (Å²) in [6.07, 6.45) is 4.78. The van der Waals surface area contributed by atoms with E-state index in [0.29, 0.717) is 5.56 Å². The molecule has 1 saturated carbocycles. The number of hydrogen-bond donors (Lipinski definition) is 1. The SMILES string of the molecule is CCc1ccc(/C(O)=C2/C(=O)C(=O)N(C3CCCC3)C2c2ccc(OC(C)C)cc2)cc1. The lowest BCUT2D eigenvalue weighted by Gasteiger charge is -2.31. The van der Waals surface area contributed by atoms with Gasteiger partial charge in [0.25, 0.3) is 11.7 Å². The van der Waals surface area contributed by atoms with Crippen molar-refractivity contribution in [2.24, 2.45) is 0 Å². The van der Waals surface area contributed by atoms with Gasteiger partial charge in [0.2, 0.25) is 0 Å². The van der Waals surface area contributed by atoms with Gasteiger partial charge in [-0.05, 0) is 56.4 Å². The van der Waals surface area contributed by atoms with E-state index in [1.54, 1.807) is 4.90 Å². The second-order valence-electron chi connectivity index (χ2n) is 8.93. The first kappa shape index (κ1) is 22.1. The number of rotatable bonds is 6. The largest absolute Gasteiger partial charge is 0.507 e. The van der Waals surface area contributed by atoms with Gasteiger partial charge < -0.3 is 14.7 Å². The fourth-order valence-corrected chi connectivity index (χ4v) is 4.79. The van der Waals surface area contributed by atoms with Crippen LogP contribution in [0.4, 0.5) is 0 Å². The molecule has 0 bridgehead atoms. The molecule has 0 aromatic heterocycles. The van der Waals surface area contributed by atoms with Gasteiger partial charge in [-0.1, -0.05) is 56.2 Å². The van der Waals surface area contributed by atoms with Crippen LogP contribution in [0.15, 0.2) is 54.1 Å². The molecule has 1 N–H and O–H groups in total. The maximum Gasteiger partial charge on any atom is 0.295 e. The normalized spacial score (nSPS) is 21.0. The summed E-state index contributed by atoms with van der Waals surface area (Å²) in [6.45, 7) is 5.99. The minimum atomic E-state index is -0.610. The van der Waals surface area contributed by atoms with Crippen LogP contribution in [0.3, 0.4) is 0 Å². The Balaban J connectivity index is 1.80. The Morgan fingerprint density at radius 3 is 2.22 bits per heavy atom. The lowest BCUT2D eigenvalue weighted by molar-refractivity contribution is -0.141. The summed E-state index contributed by atoms with van der Waals surface area (Å²) < 4.78 is 5.76. The Morgan fingerprint density at radius 1 is 1.03 bits per heavy atom. The van der Waals surface area contributed by atoms with Crippen LogP contribution < -0.4 is 4.74 Å². The zero-order valence-electron chi connectivity index (χ0n) is 19.0. The molecule has 2 aromatic rings. The van der Waals surface area contributed by atoms with Gasteiger partial charge in [0.15, 0.2) is 0 Å². The van der Waals surface area contributed by atoms with Crippen LogP contribution in [0.5, 0.6) is 5.75 Å². The second-order valence-corrected chi connectivity index (χ2v) is 8.93. The number of Topliss-reactive ketones (excluding diaryl/α,β-unsaturated/α-hetero) is 1. The molecule has 0 spiro atoms. The first-order valence-corrected chi connectivity index (χ1v) is 11.6. The summed E-state index contributed by atoms with van der Waals surface area (Å²) in [5, 5.41) is 11.2. The number of likely N-dealkylation sites (tertiary alicyclic amines) is 1. The number of carbonyl (C=O) groups excluding carboxylic acids is 2. The molecule has 5 nitrogen and oxygen atoms in total. The highest BCUT2D eigenvalue weighted by Gasteiger charge is 2.49. The smallest absolute Gasteiger partial charge is 0.295 e. The molecule has 2 fully saturated rings. The molecule has 1 aliphatic heterocycles. The first-order chi connectivity index (χ1) is 15.4. The number of nitrogens with zero attached hydrogens (tertiary/aromatic N) is 1. The number of aryl methyl sites for hydroxylation is 1. The minimum Gasteiger partial charge on any atom is -0.507 e. The fraction of sp³-hybridized carbons (Fsp3) is 0.407. The predicted molar refractivity (Wildman–Crippen MR) is 124 cm³/mol. The van der Waals surface area contributed by atoms with Gasteiger partial charge in [0.1, 0.15) is 11.5 Å². The van der Waals surface area contributed by atoms with E-state index in [9.17, 15) is 14.7 Å². The van der Waals surface area contributed by atoms with Gasteiger partial charge in [0, 0.05) is 11.6 Å². The summed E-state index contributed by atoms with van der Waals surface area (Å²) in [4.78, 5) is 28.0. The lowest BCUT2D eigenvalue weighted by Crippen LogP contribution is -2.37. The van der Waals surface area contributed by atoms with Crippen molar-refractivity contribution in [2.75, 3.05) is 0 Å². The number of aliphatic hydroxyl groups is 1. The second kappa shape index (κ2) is 9.19. The van der Waals surface area contributed by atoms with Crippen molar-refractivity contribution in [2.45, 2.75) is 71.1 Å². The van der Waals surface area contributed by atoms with Crippen LogP contribution in [-0.4, -0.2) is 33.8 Å². The molecular formula is C27H31NO4. The highest BCUT2D eigenvalue weighted by Crippen LogP contribution is 2.43. The van der Waals surface area contributed by atoms with Crippen molar-refractivity contribution >= 4 is 17.4 Å². The number of carbonyl (C=O) groups is 2. The molecule has 0 radical (unpaired) electrons. The van der Waals surface area contributed by atoms with Gasteiger partial charge in [-0.15, -0.1) is 0 Å². The average Bonchev–Trinajstić information content (AvgIpc) is 3.40. The van der Waals surface area contributed by atoms with Gasteiger partial charge in [-0.2, -0.15) is 0 Å². The van der Waals surface area contributed by atoms with Crippen molar-refractivity contribution < 1.29 is 19.4 Å². The molecule has 2 aliphatic rings. The maximum absolute atomic E-state index is 13.2. The van der Waals surface area contributed by atoms with Crippen LogP contribution in [0, 0.1) is 0 Å². The van der Waals surface area contributed by atoms with Crippen molar-refractivity contribution in [3.8, 4) is 5.75 Å². The Bertz CT molecular complexity index is 1010. The number of amides is 1. The van der Waals surface area contributed by atoms with Gasteiger partial charge in [-0.3, -0.25) is 9.59 Å². The van der Waals surface area contributed by atoms with Crippen LogP contribution in [-0.2, 0) is 16.0 Å². The molecule has 168 valence electrons. The van der Waals surface area contributed by atoms with Crippen molar-refractivity contribution in [1.29, 1.82) is 0 Å². The van der Waals surface area contributed by atoms with Gasteiger partial charge in [0.05, 0.1) is 17.7 Å². The Morgan fingerprint density at radius 2 is 1.66 bits per heavy atom. The van der Waals surface area contributed by atoms with Crippen LogP contribution in [0.2, 0.25) is 0 Å². The van der Waals surface area contributed by atoms with E-state index in [1.807, 2.05) is 62.4 Å². The molecule has 1 heterocycles. The summed E-state index contributed by atoms with van der Waals surface area (Å²) in [6, 6.07) is 14.4. The number of benzene rings is 2. The summed E-state index contributed by atoms with van der Waals surface area (Å²) in [5.41, 5.74) is 2.67. The summed E-state index contributed by atoms with van der Waals surface area (Å²) >= 11 is 0. The molecule has 1 amide bonds. The van der Waals surface area contributed by atoms with Crippen LogP contribution in [0.25, 0.3) is 5.76 Å². The van der Waals surface area contributed by atoms with Gasteiger partial charge >= 0.3 is 0 Å².